The lowest BCUT2D eigenvalue weighted by molar-refractivity contribution is 0.612. The van der Waals surface area contributed by atoms with E-state index in [1.165, 1.54) is 0 Å². The summed E-state index contributed by atoms with van der Waals surface area (Å²) >= 11 is 1.12. The Balaban J connectivity index is 0.000000845. The molecule has 8 heteroatoms. The number of H-pyrrole nitrogens is 1. The Labute approximate surface area is 103 Å². The van der Waals surface area contributed by atoms with Gasteiger partial charge in [-0.1, -0.05) is 11.3 Å². The van der Waals surface area contributed by atoms with Crippen LogP contribution in [0.3, 0.4) is 0 Å². The van der Waals surface area contributed by atoms with Crippen molar-refractivity contribution in [2.45, 2.75) is 0 Å². The average Bonchev–Trinajstić information content (AvgIpc) is 2.30. The summed E-state index contributed by atoms with van der Waals surface area (Å²) in [6.07, 6.45) is 0. The van der Waals surface area contributed by atoms with E-state index in [0.717, 1.165) is 17.4 Å². The van der Waals surface area contributed by atoms with E-state index in [-0.39, 0.29) is 34.0 Å². The fourth-order valence-electron chi connectivity index (χ4n) is 0.885. The normalized spacial score (nSPS) is 9.21. The Morgan fingerprint density at radius 3 is 2.79 bits per heavy atom. The van der Waals surface area contributed by atoms with Crippen LogP contribution in [0.4, 0.5) is 9.52 Å². The minimum absolute atomic E-state index is 0. The van der Waals surface area contributed by atoms with Crippen molar-refractivity contribution in [3.63, 3.8) is 0 Å². The number of nitrogens with zero attached hydrogens (tertiary/aromatic N) is 1. The number of rotatable bonds is 0. The van der Waals surface area contributed by atoms with Gasteiger partial charge in [0.2, 0.25) is 0 Å². The first-order valence-corrected chi connectivity index (χ1v) is 3.93. The van der Waals surface area contributed by atoms with Gasteiger partial charge in [0.25, 0.3) is 5.56 Å². The van der Waals surface area contributed by atoms with Crippen LogP contribution in [0.5, 0.6) is 0 Å². The molecule has 2 aromatic rings. The van der Waals surface area contributed by atoms with Crippen molar-refractivity contribution in [2.24, 2.45) is 0 Å². The maximum absolute atomic E-state index is 12.6. The fraction of sp³-hybridized carbons (Fsp3) is 0. The summed E-state index contributed by atoms with van der Waals surface area (Å²) in [7, 11) is 0. The molecule has 0 amide bonds. The van der Waals surface area contributed by atoms with E-state index < -0.39 is 11.4 Å². The zero-order valence-electron chi connectivity index (χ0n) is 6.61. The third kappa shape index (κ3) is 2.31. The number of nitrogen functional groups attached to an aromatic ring is 1. The summed E-state index contributed by atoms with van der Waals surface area (Å²) in [6.45, 7) is 0. The van der Waals surface area contributed by atoms with Gasteiger partial charge in [0.1, 0.15) is 10.3 Å². The highest BCUT2D eigenvalue weighted by Gasteiger charge is 2.05. The van der Waals surface area contributed by atoms with Crippen LogP contribution in [0.1, 0.15) is 0 Å². The molecular formula is C6H6Br2FN3OS. The van der Waals surface area contributed by atoms with Gasteiger partial charge in [-0.2, -0.15) is 0 Å². The summed E-state index contributed by atoms with van der Waals surface area (Å²) < 4.78 is 12.6. The highest BCUT2D eigenvalue weighted by Crippen LogP contribution is 2.19. The number of pyridine rings is 1. The van der Waals surface area contributed by atoms with E-state index in [4.69, 9.17) is 5.73 Å². The van der Waals surface area contributed by atoms with Crippen LogP contribution >= 0.6 is 45.3 Å². The number of hydrogen-bond acceptors (Lipinski definition) is 4. The number of halogens is 3. The second-order valence-corrected chi connectivity index (χ2v) is 3.24. The van der Waals surface area contributed by atoms with Gasteiger partial charge in [0.05, 0.1) is 0 Å². The first kappa shape index (κ1) is 13.5. The van der Waals surface area contributed by atoms with Gasteiger partial charge in [-0.25, -0.2) is 9.37 Å². The smallest absolute Gasteiger partial charge is 0.285 e. The quantitative estimate of drug-likeness (QED) is 0.764. The van der Waals surface area contributed by atoms with Crippen molar-refractivity contribution in [2.75, 3.05) is 5.73 Å². The summed E-state index contributed by atoms with van der Waals surface area (Å²) in [6, 6.07) is 1.07. The third-order valence-electron chi connectivity index (χ3n) is 1.38. The molecule has 0 aliphatic heterocycles. The molecule has 4 nitrogen and oxygen atoms in total. The van der Waals surface area contributed by atoms with Crippen molar-refractivity contribution >= 4 is 60.8 Å². The zero-order chi connectivity index (χ0) is 8.72. The molecule has 0 atom stereocenters. The Morgan fingerprint density at radius 1 is 1.50 bits per heavy atom. The number of nitrogens with two attached hydrogens (primary N) is 1. The predicted octanol–water partition coefficient (Wildman–Crippen LogP) is 1.86. The summed E-state index contributed by atoms with van der Waals surface area (Å²) in [5.74, 6) is -0.840. The van der Waals surface area contributed by atoms with E-state index in [1.54, 1.807) is 0 Å². The fourth-order valence-corrected chi connectivity index (χ4v) is 1.59. The van der Waals surface area contributed by atoms with Gasteiger partial charge < -0.3 is 10.7 Å². The van der Waals surface area contributed by atoms with Crippen molar-refractivity contribution in [3.05, 3.63) is 22.2 Å². The largest absolute Gasteiger partial charge is 0.375 e. The van der Waals surface area contributed by atoms with Crippen molar-refractivity contribution in [3.8, 4) is 0 Å². The number of anilines is 1. The Kier molecular flexibility index (Phi) is 4.69. The van der Waals surface area contributed by atoms with E-state index >= 15 is 0 Å². The number of aromatic amines is 1. The van der Waals surface area contributed by atoms with Crippen molar-refractivity contribution < 1.29 is 4.39 Å². The number of thiazole rings is 1. The SMILES string of the molecule is Br.Br.Nc1nc2cc(F)c(=O)[nH]c2s1. The maximum Gasteiger partial charge on any atom is 0.285 e. The highest BCUT2D eigenvalue weighted by molar-refractivity contribution is 8.93. The van der Waals surface area contributed by atoms with Gasteiger partial charge in [-0.15, -0.1) is 34.0 Å². The molecule has 2 aromatic heterocycles. The van der Waals surface area contributed by atoms with Crippen molar-refractivity contribution in [1.82, 2.24) is 9.97 Å². The molecule has 0 fully saturated rings. The number of aromatic nitrogens is 2. The third-order valence-corrected chi connectivity index (χ3v) is 2.19. The van der Waals surface area contributed by atoms with Crippen LogP contribution in [-0.4, -0.2) is 9.97 Å². The van der Waals surface area contributed by atoms with Gasteiger partial charge in [-0.3, -0.25) is 4.79 Å². The molecule has 0 spiro atoms. The van der Waals surface area contributed by atoms with Crippen LogP contribution in [0.2, 0.25) is 0 Å². The number of nitrogens with one attached hydrogen (secondary N) is 1. The molecule has 0 unspecified atom stereocenters. The lowest BCUT2D eigenvalue weighted by atomic mass is 10.4. The van der Waals surface area contributed by atoms with Crippen LogP contribution in [0.25, 0.3) is 10.3 Å². The van der Waals surface area contributed by atoms with E-state index in [2.05, 4.69) is 9.97 Å². The topological polar surface area (TPSA) is 71.8 Å². The van der Waals surface area contributed by atoms with Crippen molar-refractivity contribution in [1.29, 1.82) is 0 Å². The molecule has 0 radical (unpaired) electrons. The van der Waals surface area contributed by atoms with E-state index in [9.17, 15) is 9.18 Å². The summed E-state index contributed by atoms with van der Waals surface area (Å²) in [4.78, 5) is 17.4. The lowest BCUT2D eigenvalue weighted by Crippen LogP contribution is -2.08. The molecule has 0 saturated carbocycles. The van der Waals surface area contributed by atoms with Crippen LogP contribution in [0, 0.1) is 5.82 Å². The molecule has 0 aromatic carbocycles. The molecule has 0 bridgehead atoms. The first-order valence-electron chi connectivity index (χ1n) is 3.11. The number of fused-ring (bicyclic) bond motifs is 1. The van der Waals surface area contributed by atoms with Gasteiger partial charge in [0.15, 0.2) is 10.9 Å². The standard InChI is InChI=1S/C6H4FN3OS.2BrH/c7-2-1-3-5(10-4(2)11)12-6(8)9-3;;/h1H,(H2,8,9)(H,10,11);2*1H. The van der Waals surface area contributed by atoms with Crippen LogP contribution < -0.4 is 11.3 Å². The maximum atomic E-state index is 12.6. The van der Waals surface area contributed by atoms with E-state index in [1.807, 2.05) is 0 Å². The Bertz CT molecular complexity index is 497. The molecule has 0 aliphatic carbocycles. The second-order valence-electron chi connectivity index (χ2n) is 2.21. The van der Waals surface area contributed by atoms with Crippen LogP contribution in [0.15, 0.2) is 10.9 Å². The van der Waals surface area contributed by atoms with Gasteiger partial charge in [0, 0.05) is 6.07 Å². The molecule has 3 N–H and O–H groups in total. The zero-order valence-corrected chi connectivity index (χ0v) is 10.9. The Hall–Kier alpha value is -0.470. The predicted molar refractivity (Wildman–Crippen MR) is 65.3 cm³/mol. The van der Waals surface area contributed by atoms with Gasteiger partial charge in [-0.05, 0) is 0 Å². The minimum atomic E-state index is -0.840. The van der Waals surface area contributed by atoms with E-state index in [0.29, 0.717) is 15.5 Å². The molecule has 78 valence electrons. The summed E-state index contributed by atoms with van der Waals surface area (Å²) in [5.41, 5.74) is 4.99. The first-order chi connectivity index (χ1) is 5.66. The van der Waals surface area contributed by atoms with Crippen LogP contribution in [-0.2, 0) is 0 Å². The van der Waals surface area contributed by atoms with Gasteiger partial charge >= 0.3 is 0 Å². The minimum Gasteiger partial charge on any atom is -0.375 e. The molecular weight excluding hydrogens is 341 g/mol. The Morgan fingerprint density at radius 2 is 2.14 bits per heavy atom. The summed E-state index contributed by atoms with van der Waals surface area (Å²) in [5, 5.41) is 0.311. The molecule has 0 saturated heterocycles. The molecule has 2 heterocycles. The second kappa shape index (κ2) is 4.85. The number of hydrogen-bond donors (Lipinski definition) is 2. The average molecular weight is 347 g/mol. The molecule has 0 aliphatic rings. The molecule has 2 rings (SSSR count). The monoisotopic (exact) mass is 345 g/mol. The molecule has 14 heavy (non-hydrogen) atoms. The highest BCUT2D eigenvalue weighted by atomic mass is 79.9. The lowest BCUT2D eigenvalue weighted by Gasteiger charge is -1.86.